The van der Waals surface area contributed by atoms with Gasteiger partial charge in [-0.25, -0.2) is 0 Å². The van der Waals surface area contributed by atoms with Crippen molar-refractivity contribution in [2.75, 3.05) is 23.7 Å². The molecule has 1 fully saturated rings. The van der Waals surface area contributed by atoms with Crippen LogP contribution >= 0.6 is 15.9 Å². The van der Waals surface area contributed by atoms with Gasteiger partial charge < -0.3 is 4.90 Å². The lowest BCUT2D eigenvalue weighted by atomic mass is 10.00. The van der Waals surface area contributed by atoms with Crippen molar-refractivity contribution in [3.8, 4) is 6.07 Å². The third kappa shape index (κ3) is 2.77. The second-order valence-corrected chi connectivity index (χ2v) is 8.02. The van der Waals surface area contributed by atoms with Gasteiger partial charge in [0.2, 0.25) is 0 Å². The highest BCUT2D eigenvalue weighted by Gasteiger charge is 2.39. The van der Waals surface area contributed by atoms with E-state index in [1.807, 2.05) is 18.2 Å². The summed E-state index contributed by atoms with van der Waals surface area (Å²) in [5, 5.41) is 9.31. The highest BCUT2D eigenvalue weighted by molar-refractivity contribution is 9.10. The quantitative estimate of drug-likeness (QED) is 0.834. The number of hydrogen-bond donors (Lipinski definition) is 0. The predicted molar refractivity (Wildman–Crippen MR) is 87.4 cm³/mol. The average molecular weight is 355 g/mol. The molecule has 0 N–H and O–H groups in total. The number of halogens is 1. The lowest BCUT2D eigenvalue weighted by Crippen LogP contribution is -2.53. The Kier molecular flexibility index (Phi) is 4.87. The number of nitriles is 1. The molecule has 2 rings (SSSR count). The largest absolute Gasteiger partial charge is 0.368 e. The van der Waals surface area contributed by atoms with Gasteiger partial charge in [-0.3, -0.25) is 4.21 Å². The maximum Gasteiger partial charge on any atom is 0.101 e. The molecular formula is C15H19BrN2OS. The summed E-state index contributed by atoms with van der Waals surface area (Å²) in [4.78, 5) is 2.22. The van der Waals surface area contributed by atoms with E-state index >= 15 is 0 Å². The molecule has 1 heterocycles. The molecular weight excluding hydrogens is 336 g/mol. The van der Waals surface area contributed by atoms with Crippen LogP contribution in [-0.2, 0) is 10.8 Å². The van der Waals surface area contributed by atoms with Crippen molar-refractivity contribution in [1.82, 2.24) is 0 Å². The van der Waals surface area contributed by atoms with Crippen LogP contribution in [0.2, 0.25) is 0 Å². The second-order valence-electron chi connectivity index (χ2n) is 5.13. The van der Waals surface area contributed by atoms with Crippen LogP contribution in [-0.4, -0.2) is 27.8 Å². The molecule has 0 bridgehead atoms. The monoisotopic (exact) mass is 354 g/mol. The zero-order valence-corrected chi connectivity index (χ0v) is 14.3. The van der Waals surface area contributed by atoms with Crippen LogP contribution in [0.25, 0.3) is 0 Å². The van der Waals surface area contributed by atoms with Crippen LogP contribution in [0.4, 0.5) is 5.69 Å². The molecule has 108 valence electrons. The van der Waals surface area contributed by atoms with Gasteiger partial charge in [0.05, 0.1) is 16.0 Å². The lowest BCUT2D eigenvalue weighted by molar-refractivity contribution is 0.496. The van der Waals surface area contributed by atoms with Crippen LogP contribution in [0.3, 0.4) is 0 Å². The Hall–Kier alpha value is -0.860. The van der Waals surface area contributed by atoms with Crippen molar-refractivity contribution in [3.05, 3.63) is 28.2 Å². The van der Waals surface area contributed by atoms with E-state index in [0.29, 0.717) is 11.3 Å². The zero-order chi connectivity index (χ0) is 14.8. The third-order valence-corrected chi connectivity index (χ3v) is 6.94. The lowest BCUT2D eigenvalue weighted by Gasteiger charge is -2.42. The smallest absolute Gasteiger partial charge is 0.101 e. The van der Waals surface area contributed by atoms with Gasteiger partial charge in [-0.2, -0.15) is 5.26 Å². The molecule has 1 aromatic rings. The Bertz CT molecular complexity index is 563. The number of hydrogen-bond acceptors (Lipinski definition) is 3. The second kappa shape index (κ2) is 6.28. The average Bonchev–Trinajstić information content (AvgIpc) is 2.48. The molecule has 3 nitrogen and oxygen atoms in total. The van der Waals surface area contributed by atoms with Crippen LogP contribution < -0.4 is 4.90 Å². The van der Waals surface area contributed by atoms with Crippen LogP contribution in [0.15, 0.2) is 22.7 Å². The van der Waals surface area contributed by atoms with E-state index in [1.165, 1.54) is 0 Å². The SMILES string of the molecule is CCC1(CC)CN(c2ccc(Br)cc2C#N)CCS1=O. The van der Waals surface area contributed by atoms with Crippen molar-refractivity contribution < 1.29 is 4.21 Å². The van der Waals surface area contributed by atoms with Crippen LogP contribution in [0, 0.1) is 11.3 Å². The fourth-order valence-electron chi connectivity index (χ4n) is 2.78. The third-order valence-electron chi connectivity index (χ3n) is 4.22. The Morgan fingerprint density at radius 2 is 2.15 bits per heavy atom. The highest BCUT2D eigenvalue weighted by atomic mass is 79.9. The minimum atomic E-state index is -0.778. The summed E-state index contributed by atoms with van der Waals surface area (Å²) in [5.41, 5.74) is 1.63. The fourth-order valence-corrected chi connectivity index (χ4v) is 4.91. The van der Waals surface area contributed by atoms with E-state index in [-0.39, 0.29) is 4.75 Å². The summed E-state index contributed by atoms with van der Waals surface area (Å²) in [5.74, 6) is 0.683. The van der Waals surface area contributed by atoms with Gasteiger partial charge in [-0.1, -0.05) is 29.8 Å². The molecule has 1 aliphatic heterocycles. The molecule has 1 saturated heterocycles. The van der Waals surface area contributed by atoms with Gasteiger partial charge in [0.25, 0.3) is 0 Å². The standard InChI is InChI=1S/C15H19BrN2OS/c1-3-15(4-2)11-18(7-8-20(15)19)14-6-5-13(16)9-12(14)10-17/h5-6,9H,3-4,7-8,11H2,1-2H3. The van der Waals surface area contributed by atoms with E-state index in [1.54, 1.807) is 0 Å². The summed E-state index contributed by atoms with van der Waals surface area (Å²) in [6.45, 7) is 5.74. The van der Waals surface area contributed by atoms with Gasteiger partial charge in [0.15, 0.2) is 0 Å². The zero-order valence-electron chi connectivity index (χ0n) is 11.9. The van der Waals surface area contributed by atoms with Crippen molar-refractivity contribution in [1.29, 1.82) is 5.26 Å². The van der Waals surface area contributed by atoms with Crippen LogP contribution in [0.5, 0.6) is 0 Å². The van der Waals surface area contributed by atoms with Crippen LogP contribution in [0.1, 0.15) is 32.3 Å². The van der Waals surface area contributed by atoms with E-state index in [0.717, 1.165) is 36.1 Å². The number of benzene rings is 1. The molecule has 20 heavy (non-hydrogen) atoms. The highest BCUT2D eigenvalue weighted by Crippen LogP contribution is 2.33. The van der Waals surface area contributed by atoms with E-state index in [4.69, 9.17) is 0 Å². The van der Waals surface area contributed by atoms with E-state index < -0.39 is 10.8 Å². The summed E-state index contributed by atoms with van der Waals surface area (Å²) in [6, 6.07) is 8.05. The van der Waals surface area contributed by atoms with Gasteiger partial charge in [0, 0.05) is 34.1 Å². The first-order valence-electron chi connectivity index (χ1n) is 6.89. The number of rotatable bonds is 3. The first-order valence-corrected chi connectivity index (χ1v) is 9.00. The summed E-state index contributed by atoms with van der Waals surface area (Å²) in [6.07, 6.45) is 1.82. The topological polar surface area (TPSA) is 44.1 Å². The van der Waals surface area contributed by atoms with Crippen molar-refractivity contribution >= 4 is 32.4 Å². The molecule has 1 aliphatic rings. The predicted octanol–water partition coefficient (Wildman–Crippen LogP) is 3.45. The van der Waals surface area contributed by atoms with E-state index in [2.05, 4.69) is 40.7 Å². The number of anilines is 1. The van der Waals surface area contributed by atoms with Crippen molar-refractivity contribution in [2.24, 2.45) is 0 Å². The molecule has 0 saturated carbocycles. The molecule has 1 atom stereocenters. The summed E-state index contributed by atoms with van der Waals surface area (Å²) >= 11 is 3.40. The first-order chi connectivity index (χ1) is 9.56. The molecule has 0 aromatic heterocycles. The molecule has 0 aliphatic carbocycles. The molecule has 1 aromatic carbocycles. The normalized spacial score (nSPS) is 21.5. The van der Waals surface area contributed by atoms with Crippen molar-refractivity contribution in [3.63, 3.8) is 0 Å². The summed E-state index contributed by atoms with van der Waals surface area (Å²) in [7, 11) is -0.778. The molecule has 1 unspecified atom stereocenters. The van der Waals surface area contributed by atoms with E-state index in [9.17, 15) is 9.47 Å². The molecule has 5 heteroatoms. The van der Waals surface area contributed by atoms with Gasteiger partial charge in [-0.15, -0.1) is 0 Å². The number of nitrogens with zero attached hydrogens (tertiary/aromatic N) is 2. The minimum absolute atomic E-state index is 0.141. The molecule has 0 radical (unpaired) electrons. The Morgan fingerprint density at radius 3 is 2.75 bits per heavy atom. The summed E-state index contributed by atoms with van der Waals surface area (Å²) < 4.78 is 13.1. The Balaban J connectivity index is 2.35. The fraction of sp³-hybridized carbons (Fsp3) is 0.533. The minimum Gasteiger partial charge on any atom is -0.368 e. The first kappa shape index (κ1) is 15.5. The molecule has 0 spiro atoms. The maximum atomic E-state index is 12.4. The van der Waals surface area contributed by atoms with Gasteiger partial charge in [-0.05, 0) is 31.0 Å². The molecule has 0 amide bonds. The van der Waals surface area contributed by atoms with Gasteiger partial charge >= 0.3 is 0 Å². The van der Waals surface area contributed by atoms with Gasteiger partial charge in [0.1, 0.15) is 6.07 Å². The Morgan fingerprint density at radius 1 is 1.45 bits per heavy atom. The maximum absolute atomic E-state index is 12.4. The Labute approximate surface area is 131 Å². The van der Waals surface area contributed by atoms with Crippen molar-refractivity contribution in [2.45, 2.75) is 31.4 Å².